The van der Waals surface area contributed by atoms with E-state index in [4.69, 9.17) is 23.3 Å². The van der Waals surface area contributed by atoms with Crippen LogP contribution in [-0.2, 0) is 42.2 Å². The van der Waals surface area contributed by atoms with E-state index < -0.39 is 57.8 Å². The molecule has 446 valence electrons. The summed E-state index contributed by atoms with van der Waals surface area (Å²) in [6, 6.07) is 0. The number of rotatable bonds is 60. The van der Waals surface area contributed by atoms with E-state index in [1.54, 1.807) is 0 Å². The molecule has 3 atom stereocenters. The van der Waals surface area contributed by atoms with Gasteiger partial charge in [0, 0.05) is 19.3 Å². The van der Waals surface area contributed by atoms with Crippen LogP contribution in [-0.4, -0.2) is 66.5 Å². The highest BCUT2D eigenvalue weighted by atomic mass is 31.2. The van der Waals surface area contributed by atoms with Crippen molar-refractivity contribution in [3.05, 3.63) is 36.5 Å². The number of esters is 3. The van der Waals surface area contributed by atoms with Crippen LogP contribution >= 0.6 is 7.82 Å². The number of ether oxygens (including phenoxy) is 3. The Hall–Kier alpha value is -2.30. The first-order chi connectivity index (χ1) is 37.2. The molecule has 0 aliphatic rings. The molecule has 76 heavy (non-hydrogen) atoms. The zero-order valence-corrected chi connectivity index (χ0v) is 50.4. The molecule has 3 unspecified atom stereocenters. The van der Waals surface area contributed by atoms with E-state index in [2.05, 4.69) is 57.2 Å². The van der Waals surface area contributed by atoms with Gasteiger partial charge in [0.1, 0.15) is 12.7 Å². The summed E-state index contributed by atoms with van der Waals surface area (Å²) in [6.45, 7) is 4.66. The van der Waals surface area contributed by atoms with Crippen molar-refractivity contribution in [2.75, 3.05) is 26.4 Å². The van der Waals surface area contributed by atoms with Crippen molar-refractivity contribution in [2.45, 2.75) is 328 Å². The van der Waals surface area contributed by atoms with Crippen LogP contribution in [0.3, 0.4) is 0 Å². The number of aliphatic hydroxyl groups is 1. The van der Waals surface area contributed by atoms with Gasteiger partial charge in [0.15, 0.2) is 6.10 Å². The molecule has 0 aliphatic carbocycles. The van der Waals surface area contributed by atoms with E-state index in [9.17, 15) is 28.9 Å². The standard InChI is InChI=1S/C64H119O11P/c1-4-7-10-13-16-19-22-24-26-28-30-32-34-36-39-42-45-48-51-54-63(67)74-60(56-65)58-72-76(69,70)73-59-61(57-71-62(66)53-50-47-44-41-38-21-18-15-12-9-6-3)75-64(68)55-52-49-46-43-40-37-35-33-31-29-27-25-23-20-17-14-11-8-5-2/h17,20,25,27,31,33,60-61,65H,4-16,18-19,21-24,26,28-30,32,34-59H2,1-3H3,(H,69,70)/b20-17-,27-25-,33-31-. The lowest BCUT2D eigenvalue weighted by molar-refractivity contribution is -0.161. The quantitative estimate of drug-likeness (QED) is 0.0197. The second-order valence-corrected chi connectivity index (χ2v) is 23.0. The number of hydrogen-bond donors (Lipinski definition) is 2. The number of carbonyl (C=O) groups is 3. The van der Waals surface area contributed by atoms with Crippen LogP contribution in [0.1, 0.15) is 316 Å². The molecule has 0 heterocycles. The third-order valence-corrected chi connectivity index (χ3v) is 15.0. The Morgan fingerprint density at radius 2 is 0.645 bits per heavy atom. The number of phosphoric acid groups is 1. The van der Waals surface area contributed by atoms with Crippen LogP contribution in [0.4, 0.5) is 0 Å². The van der Waals surface area contributed by atoms with Crippen molar-refractivity contribution in [3.63, 3.8) is 0 Å². The zero-order chi connectivity index (χ0) is 55.5. The lowest BCUT2D eigenvalue weighted by Crippen LogP contribution is -2.30. The Labute approximate surface area is 467 Å². The average Bonchev–Trinajstić information content (AvgIpc) is 3.41. The SMILES string of the molecule is CCCCC/C=C\C/C=C\C/C=C\CCCCCCCCC(=O)OC(COC(=O)CCCCCCCCCCCCC)COP(=O)(O)OCC(CO)OC(=O)CCCCCCCCCCCCCCCCCCCCC. The molecule has 11 nitrogen and oxygen atoms in total. The Morgan fingerprint density at radius 3 is 1.01 bits per heavy atom. The smallest absolute Gasteiger partial charge is 0.462 e. The van der Waals surface area contributed by atoms with Crippen LogP contribution in [0.15, 0.2) is 36.5 Å². The third kappa shape index (κ3) is 56.4. The molecule has 0 amide bonds. The summed E-state index contributed by atoms with van der Waals surface area (Å²) >= 11 is 0. The van der Waals surface area contributed by atoms with Crippen molar-refractivity contribution < 1.29 is 52.2 Å². The fourth-order valence-corrected chi connectivity index (χ4v) is 9.97. The number of carbonyl (C=O) groups excluding carboxylic acids is 3. The van der Waals surface area contributed by atoms with E-state index in [0.29, 0.717) is 19.3 Å². The van der Waals surface area contributed by atoms with Gasteiger partial charge in [0.25, 0.3) is 0 Å². The molecule has 0 aromatic rings. The van der Waals surface area contributed by atoms with E-state index >= 15 is 0 Å². The van der Waals surface area contributed by atoms with Gasteiger partial charge < -0.3 is 24.2 Å². The maximum absolute atomic E-state index is 12.9. The average molecular weight is 1100 g/mol. The van der Waals surface area contributed by atoms with Crippen LogP contribution < -0.4 is 0 Å². The minimum Gasteiger partial charge on any atom is -0.462 e. The summed E-state index contributed by atoms with van der Waals surface area (Å²) in [5.74, 6) is -1.45. The van der Waals surface area contributed by atoms with Gasteiger partial charge in [-0.25, -0.2) is 4.57 Å². The van der Waals surface area contributed by atoms with E-state index in [1.807, 2.05) is 0 Å². The molecule has 0 aliphatic heterocycles. The minimum atomic E-state index is -4.75. The predicted molar refractivity (Wildman–Crippen MR) is 316 cm³/mol. The molecule has 0 saturated heterocycles. The predicted octanol–water partition coefficient (Wildman–Crippen LogP) is 19.2. The lowest BCUT2D eigenvalue weighted by Gasteiger charge is -2.21. The molecule has 0 saturated carbocycles. The fourth-order valence-electron chi connectivity index (χ4n) is 9.19. The normalized spacial score (nSPS) is 13.5. The maximum atomic E-state index is 12.9. The van der Waals surface area contributed by atoms with Gasteiger partial charge in [-0.15, -0.1) is 0 Å². The first-order valence-electron chi connectivity index (χ1n) is 31.9. The van der Waals surface area contributed by atoms with Crippen LogP contribution in [0, 0.1) is 0 Å². The highest BCUT2D eigenvalue weighted by Crippen LogP contribution is 2.43. The van der Waals surface area contributed by atoms with Crippen molar-refractivity contribution >= 4 is 25.7 Å². The topological polar surface area (TPSA) is 155 Å². The minimum absolute atomic E-state index is 0.157. The molecule has 0 fully saturated rings. The van der Waals surface area contributed by atoms with Crippen LogP contribution in [0.5, 0.6) is 0 Å². The third-order valence-electron chi connectivity index (χ3n) is 14.1. The molecule has 0 aromatic heterocycles. The molecule has 0 rings (SSSR count). The monoisotopic (exact) mass is 1090 g/mol. The highest BCUT2D eigenvalue weighted by Gasteiger charge is 2.28. The van der Waals surface area contributed by atoms with Crippen molar-refractivity contribution in [1.82, 2.24) is 0 Å². The molecule has 2 N–H and O–H groups in total. The van der Waals surface area contributed by atoms with Crippen LogP contribution in [0.2, 0.25) is 0 Å². The molecular weight excluding hydrogens is 976 g/mol. The molecular formula is C64H119O11P. The number of unbranched alkanes of at least 4 members (excludes halogenated alkanes) is 37. The molecule has 0 spiro atoms. The Kier molecular flexibility index (Phi) is 57.1. The second kappa shape index (κ2) is 58.8. The number of phosphoric ester groups is 1. The summed E-state index contributed by atoms with van der Waals surface area (Å²) in [7, 11) is -4.75. The van der Waals surface area contributed by atoms with Gasteiger partial charge >= 0.3 is 25.7 Å². The summed E-state index contributed by atoms with van der Waals surface area (Å²) < 4.78 is 39.6. The summed E-state index contributed by atoms with van der Waals surface area (Å²) in [5.41, 5.74) is 0. The molecule has 12 heteroatoms. The highest BCUT2D eigenvalue weighted by molar-refractivity contribution is 7.47. The summed E-state index contributed by atoms with van der Waals surface area (Å²) in [5, 5.41) is 9.85. The fraction of sp³-hybridized carbons (Fsp3) is 0.859. The van der Waals surface area contributed by atoms with E-state index in [1.165, 1.54) is 167 Å². The van der Waals surface area contributed by atoms with Gasteiger partial charge in [-0.2, -0.15) is 0 Å². The Morgan fingerprint density at radius 1 is 0.368 bits per heavy atom. The van der Waals surface area contributed by atoms with Crippen molar-refractivity contribution in [1.29, 1.82) is 0 Å². The molecule has 0 radical (unpaired) electrons. The van der Waals surface area contributed by atoms with E-state index in [0.717, 1.165) is 89.9 Å². The second-order valence-electron chi connectivity index (χ2n) is 21.6. The molecule has 0 bridgehead atoms. The van der Waals surface area contributed by atoms with E-state index in [-0.39, 0.29) is 25.9 Å². The van der Waals surface area contributed by atoms with Gasteiger partial charge in [-0.1, -0.05) is 276 Å². The maximum Gasteiger partial charge on any atom is 0.472 e. The first kappa shape index (κ1) is 73.7. The Balaban J connectivity index is 4.60. The molecule has 0 aromatic carbocycles. The largest absolute Gasteiger partial charge is 0.472 e. The van der Waals surface area contributed by atoms with Gasteiger partial charge in [0.2, 0.25) is 0 Å². The number of aliphatic hydroxyl groups excluding tert-OH is 1. The first-order valence-corrected chi connectivity index (χ1v) is 33.4. The van der Waals surface area contributed by atoms with Crippen molar-refractivity contribution in [3.8, 4) is 0 Å². The van der Waals surface area contributed by atoms with Crippen LogP contribution in [0.25, 0.3) is 0 Å². The van der Waals surface area contributed by atoms with Gasteiger partial charge in [-0.3, -0.25) is 23.4 Å². The lowest BCUT2D eigenvalue weighted by atomic mass is 10.0. The van der Waals surface area contributed by atoms with Gasteiger partial charge in [-0.05, 0) is 57.8 Å². The summed E-state index contributed by atoms with van der Waals surface area (Å²) in [4.78, 5) is 48.6. The summed E-state index contributed by atoms with van der Waals surface area (Å²) in [6.07, 6.45) is 62.4. The zero-order valence-electron chi connectivity index (χ0n) is 49.5. The Bertz CT molecular complexity index is 1420. The van der Waals surface area contributed by atoms with Gasteiger partial charge in [0.05, 0.1) is 19.8 Å². The van der Waals surface area contributed by atoms with Crippen molar-refractivity contribution in [2.24, 2.45) is 0 Å². The number of hydrogen-bond acceptors (Lipinski definition) is 10. The number of allylic oxidation sites excluding steroid dienone is 6.